The summed E-state index contributed by atoms with van der Waals surface area (Å²) in [5.41, 5.74) is 1.18. The lowest BCUT2D eigenvalue weighted by atomic mass is 9.94. The van der Waals surface area contributed by atoms with Gasteiger partial charge in [-0.3, -0.25) is 15.0 Å². The summed E-state index contributed by atoms with van der Waals surface area (Å²) in [7, 11) is 0. The molecule has 0 unspecified atom stereocenters. The van der Waals surface area contributed by atoms with Crippen LogP contribution in [0.4, 0.5) is 25.5 Å². The first-order valence-corrected chi connectivity index (χ1v) is 20.6. The molecule has 0 bridgehead atoms. The maximum atomic E-state index is 13.5. The number of pyridine rings is 1. The molecule has 1 aliphatic carbocycles. The Morgan fingerprint density at radius 2 is 1.52 bits per heavy atom. The molecular weight excluding hydrogens is 745 g/mol. The van der Waals surface area contributed by atoms with Crippen molar-refractivity contribution in [3.05, 3.63) is 39.3 Å². The van der Waals surface area contributed by atoms with Gasteiger partial charge in [0.2, 0.25) is 0 Å². The van der Waals surface area contributed by atoms with Crippen LogP contribution < -0.4 is 15.1 Å². The van der Waals surface area contributed by atoms with Gasteiger partial charge in [-0.2, -0.15) is 0 Å². The molecule has 280 valence electrons. The van der Waals surface area contributed by atoms with Gasteiger partial charge in [0.15, 0.2) is 5.13 Å². The fourth-order valence-corrected chi connectivity index (χ4v) is 9.92. The number of halogens is 2. The number of hydrogen-bond acceptors (Lipinski definition) is 11. The van der Waals surface area contributed by atoms with Crippen molar-refractivity contribution in [1.82, 2.24) is 29.6 Å². The van der Waals surface area contributed by atoms with Crippen LogP contribution in [-0.4, -0.2) is 139 Å². The van der Waals surface area contributed by atoms with Crippen molar-refractivity contribution in [1.29, 1.82) is 0 Å². The highest BCUT2D eigenvalue weighted by Gasteiger charge is 2.31. The lowest BCUT2D eigenvalue weighted by molar-refractivity contribution is 0.0781. The van der Waals surface area contributed by atoms with E-state index in [1.165, 1.54) is 49.6 Å². The Balaban J connectivity index is 0.955. The van der Waals surface area contributed by atoms with Crippen LogP contribution in [0.2, 0.25) is 10.0 Å². The van der Waals surface area contributed by atoms with E-state index in [2.05, 4.69) is 20.1 Å². The van der Waals surface area contributed by atoms with Crippen molar-refractivity contribution in [3.63, 3.8) is 0 Å². The average Bonchev–Trinajstić information content (AvgIpc) is 3.81. The minimum atomic E-state index is -0.337. The first-order valence-electron chi connectivity index (χ1n) is 18.2. The summed E-state index contributed by atoms with van der Waals surface area (Å²) < 4.78 is 5.08. The highest BCUT2D eigenvalue weighted by Crippen LogP contribution is 2.42. The molecule has 52 heavy (non-hydrogen) atoms. The molecule has 13 nitrogen and oxygen atoms in total. The number of ether oxygens (including phenoxy) is 1. The number of amides is 4. The maximum absolute atomic E-state index is 13.5. The molecule has 3 aromatic heterocycles. The SMILES string of the molecule is CCOC(=O)N1CCN(C(=O)N2CCN(c3ncc(C(=O)Nc4nc(-c5cc(Cl)cs5)c(N5CCN(C6CCCCC6)CC5)s4)cc3Cl)CC2)CC1. The highest BCUT2D eigenvalue weighted by atomic mass is 35.5. The van der Waals surface area contributed by atoms with Gasteiger partial charge in [-0.25, -0.2) is 19.6 Å². The molecule has 7 rings (SSSR count). The molecule has 17 heteroatoms. The van der Waals surface area contributed by atoms with Crippen LogP contribution in [0, 0.1) is 0 Å². The lowest BCUT2D eigenvalue weighted by Gasteiger charge is -2.41. The number of hydrogen-bond donors (Lipinski definition) is 1. The zero-order valence-electron chi connectivity index (χ0n) is 29.4. The van der Waals surface area contributed by atoms with Gasteiger partial charge in [-0.05, 0) is 31.9 Å². The normalized spacial score (nSPS) is 19.2. The van der Waals surface area contributed by atoms with Crippen molar-refractivity contribution in [2.45, 2.75) is 45.1 Å². The van der Waals surface area contributed by atoms with E-state index in [-0.39, 0.29) is 18.0 Å². The molecule has 3 aromatic rings. The summed E-state index contributed by atoms with van der Waals surface area (Å²) in [5, 5.41) is 7.50. The average molecular weight is 791 g/mol. The van der Waals surface area contributed by atoms with Crippen molar-refractivity contribution >= 4 is 79.9 Å². The van der Waals surface area contributed by atoms with Crippen molar-refractivity contribution in [2.75, 3.05) is 100 Å². The number of nitrogens with zero attached hydrogens (tertiary/aromatic N) is 8. The van der Waals surface area contributed by atoms with Gasteiger partial charge < -0.3 is 29.2 Å². The number of carbonyl (C=O) groups is 3. The van der Waals surface area contributed by atoms with Crippen LogP contribution in [0.25, 0.3) is 10.6 Å². The molecule has 0 radical (unpaired) electrons. The monoisotopic (exact) mass is 789 g/mol. The molecular formula is C35H45Cl2N9O4S2. The molecule has 3 saturated heterocycles. The third-order valence-corrected chi connectivity index (χ3v) is 12.9. The predicted molar refractivity (Wildman–Crippen MR) is 208 cm³/mol. The van der Waals surface area contributed by atoms with Crippen molar-refractivity contribution in [2.24, 2.45) is 0 Å². The van der Waals surface area contributed by atoms with Crippen LogP contribution in [0.1, 0.15) is 49.4 Å². The zero-order chi connectivity index (χ0) is 36.2. The number of thiazole rings is 1. The summed E-state index contributed by atoms with van der Waals surface area (Å²) in [5.74, 6) is 0.242. The number of aromatic nitrogens is 2. The quantitative estimate of drug-likeness (QED) is 0.295. The van der Waals surface area contributed by atoms with Gasteiger partial charge in [-0.1, -0.05) is 53.8 Å². The minimum Gasteiger partial charge on any atom is -0.450 e. The number of thiophene rings is 1. The number of carbonyl (C=O) groups excluding carboxylic acids is 3. The Morgan fingerprint density at radius 1 is 0.865 bits per heavy atom. The van der Waals surface area contributed by atoms with Gasteiger partial charge in [0, 0.05) is 96.2 Å². The molecule has 4 fully saturated rings. The van der Waals surface area contributed by atoms with Crippen LogP contribution in [0.5, 0.6) is 0 Å². The fraction of sp³-hybridized carbons (Fsp3) is 0.571. The van der Waals surface area contributed by atoms with Crippen LogP contribution >= 0.6 is 45.9 Å². The first-order chi connectivity index (χ1) is 25.3. The summed E-state index contributed by atoms with van der Waals surface area (Å²) in [6, 6.07) is 4.23. The highest BCUT2D eigenvalue weighted by molar-refractivity contribution is 7.21. The summed E-state index contributed by atoms with van der Waals surface area (Å²) in [4.78, 5) is 61.5. The minimum absolute atomic E-state index is 0.0355. The molecule has 1 saturated carbocycles. The summed E-state index contributed by atoms with van der Waals surface area (Å²) in [6.45, 7) is 9.96. The molecule has 4 amide bonds. The third kappa shape index (κ3) is 8.38. The largest absolute Gasteiger partial charge is 0.450 e. The van der Waals surface area contributed by atoms with Crippen molar-refractivity contribution in [3.8, 4) is 10.6 Å². The molecule has 6 heterocycles. The Hall–Kier alpha value is -3.37. The molecule has 4 aliphatic rings. The van der Waals surface area contributed by atoms with Crippen LogP contribution in [0.3, 0.4) is 0 Å². The van der Waals surface area contributed by atoms with Crippen molar-refractivity contribution < 1.29 is 19.1 Å². The van der Waals surface area contributed by atoms with Gasteiger partial charge in [0.05, 0.1) is 27.1 Å². The predicted octanol–water partition coefficient (Wildman–Crippen LogP) is 6.30. The first kappa shape index (κ1) is 37.0. The lowest BCUT2D eigenvalue weighted by Crippen LogP contribution is -2.57. The van der Waals surface area contributed by atoms with Gasteiger partial charge in [0.1, 0.15) is 16.5 Å². The van der Waals surface area contributed by atoms with E-state index in [9.17, 15) is 14.4 Å². The topological polar surface area (TPSA) is 118 Å². The number of rotatable bonds is 7. The van der Waals surface area contributed by atoms with E-state index in [0.29, 0.717) is 91.6 Å². The smallest absolute Gasteiger partial charge is 0.409 e. The van der Waals surface area contributed by atoms with Gasteiger partial charge in [0.25, 0.3) is 5.91 Å². The van der Waals surface area contributed by atoms with E-state index < -0.39 is 0 Å². The summed E-state index contributed by atoms with van der Waals surface area (Å²) >= 11 is 16.1. The second kappa shape index (κ2) is 16.8. The van der Waals surface area contributed by atoms with E-state index in [1.807, 2.05) is 21.2 Å². The molecule has 3 aliphatic heterocycles. The molecule has 0 atom stereocenters. The second-order valence-corrected chi connectivity index (χ2v) is 16.3. The third-order valence-electron chi connectivity index (χ3n) is 10.3. The summed E-state index contributed by atoms with van der Waals surface area (Å²) in [6.07, 6.45) is 7.81. The Labute approximate surface area is 322 Å². The number of urea groups is 1. The fourth-order valence-electron chi connectivity index (χ4n) is 7.48. The van der Waals surface area contributed by atoms with Crippen LogP contribution in [-0.2, 0) is 4.74 Å². The Morgan fingerprint density at radius 3 is 2.15 bits per heavy atom. The Kier molecular flexibility index (Phi) is 11.9. The Bertz CT molecular complexity index is 1730. The van der Waals surface area contributed by atoms with E-state index in [0.717, 1.165) is 41.8 Å². The van der Waals surface area contributed by atoms with E-state index in [1.54, 1.807) is 34.1 Å². The second-order valence-electron chi connectivity index (χ2n) is 13.5. The van der Waals surface area contributed by atoms with Gasteiger partial charge in [-0.15, -0.1) is 11.3 Å². The van der Waals surface area contributed by atoms with Crippen LogP contribution in [0.15, 0.2) is 23.7 Å². The number of nitrogens with one attached hydrogen (secondary N) is 1. The zero-order valence-corrected chi connectivity index (χ0v) is 32.5. The maximum Gasteiger partial charge on any atom is 0.409 e. The number of piperazine rings is 3. The number of anilines is 3. The molecule has 0 spiro atoms. The van der Waals surface area contributed by atoms with E-state index in [4.69, 9.17) is 32.9 Å². The standard InChI is InChI=1S/C35H45Cl2N9O4S2/c1-2-50-35(49)46-18-16-45(17-19-46)34(48)44-14-10-42(11-15-44)30-27(37)20-24(22-38-30)31(47)40-33-39-29(28-21-25(36)23-51-28)32(52-33)43-12-8-41(9-13-43)26-6-4-3-5-7-26/h20-23,26H,2-19H2,1H3,(H,39,40,47). The molecule has 0 aromatic carbocycles. The van der Waals surface area contributed by atoms with E-state index >= 15 is 0 Å². The van der Waals surface area contributed by atoms with Gasteiger partial charge >= 0.3 is 12.1 Å². The molecule has 1 N–H and O–H groups in total.